The Bertz CT molecular complexity index is 252. The zero-order valence-corrected chi connectivity index (χ0v) is 5.90. The number of hydrogen-bond donors (Lipinski definition) is 0. The van der Waals surface area contributed by atoms with Gasteiger partial charge in [0.1, 0.15) is 19.4 Å². The molecule has 0 aliphatic heterocycles. The van der Waals surface area contributed by atoms with Crippen LogP contribution in [0.15, 0.2) is 12.1 Å². The number of rotatable bonds is 1. The highest BCUT2D eigenvalue weighted by Crippen LogP contribution is 2.13. The van der Waals surface area contributed by atoms with Crippen molar-refractivity contribution in [1.29, 1.82) is 0 Å². The Morgan fingerprint density at radius 1 is 1.36 bits per heavy atom. The van der Waals surface area contributed by atoms with Crippen molar-refractivity contribution >= 4 is 13.3 Å². The average molecular weight is 154 g/mol. The molecule has 4 heteroatoms. The van der Waals surface area contributed by atoms with Crippen LogP contribution in [0.1, 0.15) is 0 Å². The lowest BCUT2D eigenvalue weighted by molar-refractivity contribution is 0.388. The molecule has 0 bridgehead atoms. The lowest BCUT2D eigenvalue weighted by Crippen LogP contribution is -2.10. The van der Waals surface area contributed by atoms with Crippen LogP contribution < -0.4 is 10.2 Å². The molecule has 0 saturated heterocycles. The van der Waals surface area contributed by atoms with Crippen molar-refractivity contribution in [3.63, 3.8) is 0 Å². The predicted molar refractivity (Wildman–Crippen MR) is 38.3 cm³/mol. The molecule has 1 nitrogen and oxygen atoms in total. The van der Waals surface area contributed by atoms with E-state index in [0.29, 0.717) is 0 Å². The van der Waals surface area contributed by atoms with Crippen LogP contribution in [0.5, 0.6) is 5.75 Å². The molecule has 0 aliphatic rings. The summed E-state index contributed by atoms with van der Waals surface area (Å²) in [6.45, 7) is 0. The zero-order chi connectivity index (χ0) is 8.43. The molecule has 0 heterocycles. The molecule has 11 heavy (non-hydrogen) atoms. The highest BCUT2D eigenvalue weighted by Gasteiger charge is 2.06. The lowest BCUT2D eigenvalue weighted by Gasteiger charge is -2.04. The minimum Gasteiger partial charge on any atom is -0.494 e. The van der Waals surface area contributed by atoms with Gasteiger partial charge in [-0.25, -0.2) is 8.78 Å². The van der Waals surface area contributed by atoms with Crippen LogP contribution in [0.4, 0.5) is 8.78 Å². The van der Waals surface area contributed by atoms with E-state index in [1.165, 1.54) is 7.11 Å². The first kappa shape index (κ1) is 8.05. The third-order valence-electron chi connectivity index (χ3n) is 1.24. The molecule has 0 amide bonds. The molecule has 2 radical (unpaired) electrons. The van der Waals surface area contributed by atoms with Crippen LogP contribution >= 0.6 is 0 Å². The topological polar surface area (TPSA) is 9.23 Å². The second-order valence-corrected chi connectivity index (χ2v) is 2.01. The number of hydrogen-bond acceptors (Lipinski definition) is 1. The van der Waals surface area contributed by atoms with Crippen LogP contribution in [-0.4, -0.2) is 15.0 Å². The van der Waals surface area contributed by atoms with Crippen LogP contribution in [0.3, 0.4) is 0 Å². The Morgan fingerprint density at radius 2 is 2.00 bits per heavy atom. The molecule has 0 atom stereocenters. The average Bonchev–Trinajstić information content (AvgIpc) is 1.85. The van der Waals surface area contributed by atoms with E-state index in [4.69, 9.17) is 7.85 Å². The van der Waals surface area contributed by atoms with E-state index >= 15 is 0 Å². The number of methoxy groups -OCH3 is 1. The normalized spacial score (nSPS) is 9.73. The van der Waals surface area contributed by atoms with Gasteiger partial charge < -0.3 is 4.74 Å². The molecule has 56 valence electrons. The van der Waals surface area contributed by atoms with E-state index in [2.05, 4.69) is 4.74 Å². The summed E-state index contributed by atoms with van der Waals surface area (Å²) in [7, 11) is 6.50. The quantitative estimate of drug-likeness (QED) is 0.542. The van der Waals surface area contributed by atoms with E-state index in [1.54, 1.807) is 0 Å². The molecule has 0 unspecified atom stereocenters. The monoisotopic (exact) mass is 154 g/mol. The maximum absolute atomic E-state index is 12.7. The maximum Gasteiger partial charge on any atom is 0.167 e. The predicted octanol–water partition coefficient (Wildman–Crippen LogP) is 0.767. The molecule has 0 fully saturated rings. The van der Waals surface area contributed by atoms with Gasteiger partial charge in [0.2, 0.25) is 0 Å². The fraction of sp³-hybridized carbons (Fsp3) is 0.143. The third-order valence-corrected chi connectivity index (χ3v) is 1.24. The second-order valence-electron chi connectivity index (χ2n) is 2.01. The van der Waals surface area contributed by atoms with Crippen LogP contribution in [-0.2, 0) is 0 Å². The summed E-state index contributed by atoms with van der Waals surface area (Å²) in [5, 5.41) is 0. The van der Waals surface area contributed by atoms with Crippen molar-refractivity contribution in [3.05, 3.63) is 23.8 Å². The second kappa shape index (κ2) is 2.90. The van der Waals surface area contributed by atoms with Crippen molar-refractivity contribution < 1.29 is 13.5 Å². The lowest BCUT2D eigenvalue weighted by atomic mass is 9.95. The highest BCUT2D eigenvalue weighted by atomic mass is 19.1. The largest absolute Gasteiger partial charge is 0.494 e. The smallest absolute Gasteiger partial charge is 0.167 e. The van der Waals surface area contributed by atoms with Crippen LogP contribution in [0.25, 0.3) is 0 Å². The molecule has 1 aromatic rings. The van der Waals surface area contributed by atoms with Crippen molar-refractivity contribution in [3.8, 4) is 5.75 Å². The molecule has 0 aliphatic carbocycles. The fourth-order valence-electron chi connectivity index (χ4n) is 0.796. The van der Waals surface area contributed by atoms with E-state index < -0.39 is 11.6 Å². The zero-order valence-electron chi connectivity index (χ0n) is 5.90. The van der Waals surface area contributed by atoms with E-state index in [1.807, 2.05) is 0 Å². The van der Waals surface area contributed by atoms with Gasteiger partial charge in [0.05, 0.1) is 7.11 Å². The van der Waals surface area contributed by atoms with Crippen LogP contribution in [0.2, 0.25) is 0 Å². The van der Waals surface area contributed by atoms with Gasteiger partial charge >= 0.3 is 0 Å². The third kappa shape index (κ3) is 1.50. The van der Waals surface area contributed by atoms with Gasteiger partial charge in [0.15, 0.2) is 5.82 Å². The van der Waals surface area contributed by atoms with Gasteiger partial charge in [-0.3, -0.25) is 0 Å². The molecule has 0 aromatic heterocycles. The molecule has 0 N–H and O–H groups in total. The molecular formula is C7H5BF2O. The van der Waals surface area contributed by atoms with Crippen molar-refractivity contribution in [2.75, 3.05) is 7.11 Å². The number of ether oxygens (including phenoxy) is 1. The summed E-state index contributed by atoms with van der Waals surface area (Å²) in [4.78, 5) is 0. The Balaban J connectivity index is 3.25. The van der Waals surface area contributed by atoms with E-state index in [-0.39, 0.29) is 11.2 Å². The van der Waals surface area contributed by atoms with Crippen LogP contribution in [0, 0.1) is 11.6 Å². The number of halogens is 2. The minimum atomic E-state index is -0.787. The van der Waals surface area contributed by atoms with Crippen molar-refractivity contribution in [1.82, 2.24) is 0 Å². The summed E-state index contributed by atoms with van der Waals surface area (Å²) in [5.74, 6) is -1.61. The highest BCUT2D eigenvalue weighted by molar-refractivity contribution is 6.34. The van der Waals surface area contributed by atoms with Gasteiger partial charge in [0, 0.05) is 6.07 Å². The van der Waals surface area contributed by atoms with E-state index in [0.717, 1.165) is 12.1 Å². The molecule has 0 saturated carbocycles. The Kier molecular flexibility index (Phi) is 2.12. The molecule has 1 aromatic carbocycles. The maximum atomic E-state index is 12.7. The fourth-order valence-corrected chi connectivity index (χ4v) is 0.796. The van der Waals surface area contributed by atoms with Gasteiger partial charge in [-0.15, -0.1) is 0 Å². The first-order valence-electron chi connectivity index (χ1n) is 2.93. The van der Waals surface area contributed by atoms with Gasteiger partial charge in [0.25, 0.3) is 0 Å². The summed E-state index contributed by atoms with van der Waals surface area (Å²) in [5.41, 5.74) is -0.0370. The molecular weight excluding hydrogens is 149 g/mol. The Morgan fingerprint density at radius 3 is 2.45 bits per heavy atom. The molecule has 1 rings (SSSR count). The first-order valence-corrected chi connectivity index (χ1v) is 2.93. The summed E-state index contributed by atoms with van der Waals surface area (Å²) in [6, 6.07) is 1.72. The number of benzene rings is 1. The Labute approximate surface area is 64.4 Å². The summed E-state index contributed by atoms with van der Waals surface area (Å²) in [6.07, 6.45) is 0. The first-order chi connectivity index (χ1) is 5.15. The Hall–Kier alpha value is -1.06. The van der Waals surface area contributed by atoms with Crippen molar-refractivity contribution in [2.45, 2.75) is 0 Å². The van der Waals surface area contributed by atoms with Gasteiger partial charge in [-0.05, 0) is 11.5 Å². The van der Waals surface area contributed by atoms with Gasteiger partial charge in [-0.2, -0.15) is 0 Å². The summed E-state index contributed by atoms with van der Waals surface area (Å²) >= 11 is 0. The summed E-state index contributed by atoms with van der Waals surface area (Å²) < 4.78 is 29.6. The SMILES string of the molecule is [B]c1cc(F)cc(F)c1OC. The minimum absolute atomic E-state index is 0.0370. The van der Waals surface area contributed by atoms with E-state index in [9.17, 15) is 8.78 Å². The van der Waals surface area contributed by atoms with Gasteiger partial charge in [-0.1, -0.05) is 0 Å². The molecule has 0 spiro atoms. The standard InChI is InChI=1S/C7H5BF2O/c1-11-7-5(8)2-4(9)3-6(7)10/h2-3H,1H3. The van der Waals surface area contributed by atoms with Crippen molar-refractivity contribution in [2.24, 2.45) is 0 Å².